The van der Waals surface area contributed by atoms with Crippen molar-refractivity contribution in [1.29, 1.82) is 0 Å². The third kappa shape index (κ3) is 3.68. The molecule has 0 saturated heterocycles. The molecule has 1 aliphatic carbocycles. The summed E-state index contributed by atoms with van der Waals surface area (Å²) in [5, 5.41) is 3.37. The molecule has 1 heterocycles. The van der Waals surface area contributed by atoms with Crippen molar-refractivity contribution < 1.29 is 0 Å². The highest BCUT2D eigenvalue weighted by Gasteiger charge is 2.24. The van der Waals surface area contributed by atoms with Crippen molar-refractivity contribution >= 4 is 21.7 Å². The number of aromatic nitrogens is 1. The minimum atomic E-state index is 0.882. The molecule has 1 fully saturated rings. The van der Waals surface area contributed by atoms with Crippen molar-refractivity contribution in [1.82, 2.24) is 10.3 Å². The number of nitrogens with one attached hydrogen (secondary N) is 1. The van der Waals surface area contributed by atoms with E-state index in [0.717, 1.165) is 35.8 Å². The van der Waals surface area contributed by atoms with E-state index in [4.69, 9.17) is 0 Å². The van der Waals surface area contributed by atoms with E-state index in [-0.39, 0.29) is 0 Å². The van der Waals surface area contributed by atoms with Gasteiger partial charge in [-0.1, -0.05) is 6.92 Å². The summed E-state index contributed by atoms with van der Waals surface area (Å²) in [4.78, 5) is 6.84. The molecular formula is C13H20BrN3. The van der Waals surface area contributed by atoms with Crippen molar-refractivity contribution in [3.63, 3.8) is 0 Å². The Balaban J connectivity index is 2.11. The fourth-order valence-electron chi connectivity index (χ4n) is 1.98. The molecule has 0 radical (unpaired) electrons. The molecule has 0 bridgehead atoms. The summed E-state index contributed by atoms with van der Waals surface area (Å²) in [5.41, 5.74) is 1.27. The lowest BCUT2D eigenvalue weighted by Gasteiger charge is -2.21. The first-order chi connectivity index (χ1) is 8.20. The van der Waals surface area contributed by atoms with Gasteiger partial charge in [-0.3, -0.25) is 0 Å². The summed E-state index contributed by atoms with van der Waals surface area (Å²) in [7, 11) is 2.14. The van der Waals surface area contributed by atoms with Crippen LogP contribution in [-0.4, -0.2) is 25.1 Å². The summed E-state index contributed by atoms with van der Waals surface area (Å²) in [6, 6.07) is 2.16. The summed E-state index contributed by atoms with van der Waals surface area (Å²) >= 11 is 3.49. The summed E-state index contributed by atoms with van der Waals surface area (Å²) in [6.07, 6.45) is 4.64. The molecule has 1 aromatic rings. The predicted octanol–water partition coefficient (Wildman–Crippen LogP) is 2.80. The van der Waals surface area contributed by atoms with E-state index in [1.807, 2.05) is 6.20 Å². The molecule has 1 aliphatic rings. The zero-order chi connectivity index (χ0) is 12.3. The van der Waals surface area contributed by atoms with Gasteiger partial charge >= 0.3 is 0 Å². The Morgan fingerprint density at radius 1 is 1.53 bits per heavy atom. The van der Waals surface area contributed by atoms with Crippen LogP contribution in [0.15, 0.2) is 16.7 Å². The van der Waals surface area contributed by atoms with E-state index in [9.17, 15) is 0 Å². The summed E-state index contributed by atoms with van der Waals surface area (Å²) < 4.78 is 1.05. The number of hydrogen-bond donors (Lipinski definition) is 1. The molecule has 0 aromatic carbocycles. The Bertz CT molecular complexity index is 377. The predicted molar refractivity (Wildman–Crippen MR) is 75.3 cm³/mol. The van der Waals surface area contributed by atoms with E-state index in [1.165, 1.54) is 18.4 Å². The Morgan fingerprint density at radius 2 is 2.29 bits per heavy atom. The highest BCUT2D eigenvalue weighted by Crippen LogP contribution is 2.31. The van der Waals surface area contributed by atoms with Crippen LogP contribution in [0.1, 0.15) is 25.3 Å². The van der Waals surface area contributed by atoms with Gasteiger partial charge in [0, 0.05) is 36.4 Å². The molecule has 0 unspecified atom stereocenters. The SMILES string of the molecule is CCNCc1cc(Br)cnc1N(C)CC1CC1. The van der Waals surface area contributed by atoms with Crippen LogP contribution in [0.4, 0.5) is 5.82 Å². The first kappa shape index (κ1) is 12.8. The zero-order valence-electron chi connectivity index (χ0n) is 10.5. The van der Waals surface area contributed by atoms with Gasteiger partial charge in [0.05, 0.1) is 0 Å². The van der Waals surface area contributed by atoms with Gasteiger partial charge in [-0.25, -0.2) is 4.98 Å². The molecule has 2 rings (SSSR count). The van der Waals surface area contributed by atoms with Crippen LogP contribution in [0.5, 0.6) is 0 Å². The standard InChI is InChI=1S/C13H20BrN3/c1-3-15-7-11-6-12(14)8-16-13(11)17(2)9-10-4-5-10/h6,8,10,15H,3-5,7,9H2,1-2H3. The first-order valence-electron chi connectivity index (χ1n) is 6.27. The lowest BCUT2D eigenvalue weighted by molar-refractivity contribution is 0.712. The number of anilines is 1. The summed E-state index contributed by atoms with van der Waals surface area (Å²) in [5.74, 6) is 2.00. The highest BCUT2D eigenvalue weighted by molar-refractivity contribution is 9.10. The molecule has 17 heavy (non-hydrogen) atoms. The van der Waals surface area contributed by atoms with Gasteiger partial charge in [0.2, 0.25) is 0 Å². The zero-order valence-corrected chi connectivity index (χ0v) is 12.1. The van der Waals surface area contributed by atoms with Crippen molar-refractivity contribution in [2.24, 2.45) is 5.92 Å². The molecule has 1 saturated carbocycles. The second-order valence-corrected chi connectivity index (χ2v) is 5.66. The van der Waals surface area contributed by atoms with Crippen LogP contribution in [0.3, 0.4) is 0 Å². The highest BCUT2D eigenvalue weighted by atomic mass is 79.9. The van der Waals surface area contributed by atoms with Crippen molar-refractivity contribution in [3.05, 3.63) is 22.3 Å². The van der Waals surface area contributed by atoms with Gasteiger partial charge in [0.1, 0.15) is 5.82 Å². The molecule has 1 N–H and O–H groups in total. The molecule has 0 atom stereocenters. The maximum absolute atomic E-state index is 4.55. The maximum Gasteiger partial charge on any atom is 0.132 e. The van der Waals surface area contributed by atoms with Crippen molar-refractivity contribution in [2.75, 3.05) is 25.0 Å². The minimum absolute atomic E-state index is 0.882. The fraction of sp³-hybridized carbons (Fsp3) is 0.615. The van der Waals surface area contributed by atoms with Gasteiger partial charge < -0.3 is 10.2 Å². The third-order valence-corrected chi connectivity index (χ3v) is 3.50. The van der Waals surface area contributed by atoms with Crippen molar-refractivity contribution in [2.45, 2.75) is 26.3 Å². The average molecular weight is 298 g/mol. The molecule has 3 nitrogen and oxygen atoms in total. The van der Waals surface area contributed by atoms with Gasteiger partial charge in [0.15, 0.2) is 0 Å². The number of nitrogens with zero attached hydrogens (tertiary/aromatic N) is 2. The minimum Gasteiger partial charge on any atom is -0.359 e. The van der Waals surface area contributed by atoms with E-state index in [0.29, 0.717) is 0 Å². The van der Waals surface area contributed by atoms with Gasteiger partial charge in [-0.15, -0.1) is 0 Å². The Kier molecular flexibility index (Phi) is 4.40. The quantitative estimate of drug-likeness (QED) is 0.875. The van der Waals surface area contributed by atoms with Crippen LogP contribution in [0, 0.1) is 5.92 Å². The van der Waals surface area contributed by atoms with Crippen LogP contribution in [0.25, 0.3) is 0 Å². The molecule has 0 amide bonds. The van der Waals surface area contributed by atoms with E-state index >= 15 is 0 Å². The average Bonchev–Trinajstić information content (AvgIpc) is 3.10. The van der Waals surface area contributed by atoms with E-state index < -0.39 is 0 Å². The Morgan fingerprint density at radius 3 is 2.94 bits per heavy atom. The van der Waals surface area contributed by atoms with Gasteiger partial charge in [-0.2, -0.15) is 0 Å². The van der Waals surface area contributed by atoms with Crippen molar-refractivity contribution in [3.8, 4) is 0 Å². The van der Waals surface area contributed by atoms with Crippen LogP contribution in [0.2, 0.25) is 0 Å². The monoisotopic (exact) mass is 297 g/mol. The number of pyridine rings is 1. The summed E-state index contributed by atoms with van der Waals surface area (Å²) in [6.45, 7) is 5.12. The first-order valence-corrected chi connectivity index (χ1v) is 7.06. The largest absolute Gasteiger partial charge is 0.359 e. The number of halogens is 1. The second-order valence-electron chi connectivity index (χ2n) is 4.74. The van der Waals surface area contributed by atoms with Crippen LogP contribution in [-0.2, 0) is 6.54 Å². The molecule has 0 spiro atoms. The van der Waals surface area contributed by atoms with Gasteiger partial charge in [-0.05, 0) is 47.3 Å². The van der Waals surface area contributed by atoms with Gasteiger partial charge in [0.25, 0.3) is 0 Å². The fourth-order valence-corrected chi connectivity index (χ4v) is 2.36. The number of hydrogen-bond acceptors (Lipinski definition) is 3. The Hall–Kier alpha value is -0.610. The molecular weight excluding hydrogens is 278 g/mol. The smallest absolute Gasteiger partial charge is 0.132 e. The van der Waals surface area contributed by atoms with E-state index in [1.54, 1.807) is 0 Å². The third-order valence-electron chi connectivity index (χ3n) is 3.07. The number of rotatable bonds is 6. The molecule has 0 aliphatic heterocycles. The van der Waals surface area contributed by atoms with Crippen LogP contribution >= 0.6 is 15.9 Å². The van der Waals surface area contributed by atoms with Crippen LogP contribution < -0.4 is 10.2 Å². The van der Waals surface area contributed by atoms with E-state index in [2.05, 4.69) is 51.2 Å². The molecule has 1 aromatic heterocycles. The second kappa shape index (κ2) is 5.83. The Labute approximate surface area is 112 Å². The molecule has 94 valence electrons. The topological polar surface area (TPSA) is 28.2 Å². The maximum atomic E-state index is 4.55. The lowest BCUT2D eigenvalue weighted by atomic mass is 10.2. The normalized spacial score (nSPS) is 15.0. The molecule has 4 heteroatoms. The lowest BCUT2D eigenvalue weighted by Crippen LogP contribution is -2.24.